The molecule has 0 fully saturated rings. The molecule has 5 aromatic heterocycles. The molecule has 5 heterocycles. The van der Waals surface area contributed by atoms with Crippen LogP contribution in [0.15, 0.2) is 61.2 Å². The molecule has 0 saturated heterocycles. The number of nitrogens with zero attached hydrogens (tertiary/aromatic N) is 5. The van der Waals surface area contributed by atoms with Crippen LogP contribution in [-0.2, 0) is 4.79 Å². The van der Waals surface area contributed by atoms with Crippen molar-refractivity contribution in [1.82, 2.24) is 35.1 Å². The largest absolute Gasteiger partial charge is 0.336 e. The highest BCUT2D eigenvalue weighted by Gasteiger charge is 2.17. The van der Waals surface area contributed by atoms with Crippen LogP contribution in [0.2, 0.25) is 0 Å². The van der Waals surface area contributed by atoms with Gasteiger partial charge in [0.1, 0.15) is 17.0 Å². The average molecular weight is 521 g/mol. The van der Waals surface area contributed by atoms with Crippen LogP contribution >= 0.6 is 0 Å². The Hall–Kier alpha value is -4.99. The van der Waals surface area contributed by atoms with Crippen molar-refractivity contribution in [2.24, 2.45) is 0 Å². The predicted octanol–water partition coefficient (Wildman–Crippen LogP) is 6.20. The number of aryl methyl sites for hydroxylation is 1. The minimum atomic E-state index is -0.324. The number of benzene rings is 1. The summed E-state index contributed by atoms with van der Waals surface area (Å²) in [6, 6.07) is 10.5. The number of rotatable bonds is 7. The zero-order valence-corrected chi connectivity index (χ0v) is 21.4. The maximum atomic E-state index is 14.1. The fourth-order valence-corrected chi connectivity index (χ4v) is 4.60. The molecule has 0 aliphatic carbocycles. The summed E-state index contributed by atoms with van der Waals surface area (Å²) >= 11 is 0. The van der Waals surface area contributed by atoms with Crippen molar-refractivity contribution in [3.63, 3.8) is 0 Å². The molecule has 1 amide bonds. The number of aromatic amines is 2. The summed E-state index contributed by atoms with van der Waals surface area (Å²) in [6.07, 6.45) is 9.02. The van der Waals surface area contributed by atoms with Gasteiger partial charge in [0.05, 0.1) is 28.5 Å². The third-order valence-corrected chi connectivity index (χ3v) is 6.47. The van der Waals surface area contributed by atoms with Gasteiger partial charge in [0, 0.05) is 41.7 Å². The number of H-pyrrole nitrogens is 2. The molecule has 0 saturated carbocycles. The first-order chi connectivity index (χ1) is 19.0. The van der Waals surface area contributed by atoms with E-state index in [2.05, 4.69) is 42.4 Å². The van der Waals surface area contributed by atoms with Gasteiger partial charge in [-0.05, 0) is 55.3 Å². The van der Waals surface area contributed by atoms with Crippen LogP contribution < -0.4 is 5.32 Å². The third kappa shape index (κ3) is 4.84. The second-order valence-electron chi connectivity index (χ2n) is 9.46. The fourth-order valence-electron chi connectivity index (χ4n) is 4.60. The molecule has 10 heteroatoms. The highest BCUT2D eigenvalue weighted by atomic mass is 19.1. The molecule has 0 aliphatic heterocycles. The van der Waals surface area contributed by atoms with Gasteiger partial charge in [0.25, 0.3) is 0 Å². The molecule has 0 atom stereocenters. The van der Waals surface area contributed by atoms with Crippen molar-refractivity contribution in [3.8, 4) is 33.9 Å². The van der Waals surface area contributed by atoms with Crippen molar-refractivity contribution in [2.75, 3.05) is 5.32 Å². The van der Waals surface area contributed by atoms with Gasteiger partial charge in [-0.1, -0.05) is 13.3 Å². The zero-order chi connectivity index (χ0) is 26.9. The highest BCUT2D eigenvalue weighted by molar-refractivity contribution is 5.96. The van der Waals surface area contributed by atoms with E-state index in [-0.39, 0.29) is 11.7 Å². The molecule has 0 radical (unpaired) electrons. The first kappa shape index (κ1) is 24.4. The normalized spacial score (nSPS) is 11.4. The monoisotopic (exact) mass is 520 g/mol. The quantitative estimate of drug-likeness (QED) is 0.230. The molecular weight excluding hydrogens is 495 g/mol. The maximum Gasteiger partial charge on any atom is 0.224 e. The number of pyridine rings is 3. The van der Waals surface area contributed by atoms with Crippen LogP contribution in [-0.4, -0.2) is 41.0 Å². The Bertz CT molecular complexity index is 1820. The first-order valence-corrected chi connectivity index (χ1v) is 12.7. The molecule has 0 unspecified atom stereocenters. The van der Waals surface area contributed by atoms with Crippen LogP contribution in [0.4, 0.5) is 10.1 Å². The maximum absolute atomic E-state index is 14.1. The van der Waals surface area contributed by atoms with E-state index in [0.717, 1.165) is 40.4 Å². The van der Waals surface area contributed by atoms with Crippen LogP contribution in [0.5, 0.6) is 0 Å². The number of carbonyl (C=O) groups is 1. The van der Waals surface area contributed by atoms with E-state index in [0.29, 0.717) is 46.0 Å². The number of halogens is 1. The molecule has 0 spiro atoms. The Morgan fingerprint density at radius 1 is 1.00 bits per heavy atom. The van der Waals surface area contributed by atoms with Crippen molar-refractivity contribution in [2.45, 2.75) is 33.1 Å². The lowest BCUT2D eigenvalue weighted by atomic mass is 10.1. The van der Waals surface area contributed by atoms with Crippen LogP contribution in [0.3, 0.4) is 0 Å². The van der Waals surface area contributed by atoms with Gasteiger partial charge < -0.3 is 10.3 Å². The molecule has 6 rings (SSSR count). The lowest BCUT2D eigenvalue weighted by Gasteiger charge is -2.07. The molecule has 3 N–H and O–H groups in total. The molecule has 0 aliphatic rings. The van der Waals surface area contributed by atoms with Crippen molar-refractivity contribution in [1.29, 1.82) is 0 Å². The minimum absolute atomic E-state index is 0.0337. The first-order valence-electron chi connectivity index (χ1n) is 12.7. The van der Waals surface area contributed by atoms with E-state index in [9.17, 15) is 9.18 Å². The van der Waals surface area contributed by atoms with Crippen LogP contribution in [0, 0.1) is 12.7 Å². The van der Waals surface area contributed by atoms with Gasteiger partial charge in [-0.25, -0.2) is 14.4 Å². The van der Waals surface area contributed by atoms with Crippen molar-refractivity contribution in [3.05, 3.63) is 72.6 Å². The minimum Gasteiger partial charge on any atom is -0.336 e. The Morgan fingerprint density at radius 2 is 1.87 bits per heavy atom. The number of hydrogen-bond donors (Lipinski definition) is 3. The summed E-state index contributed by atoms with van der Waals surface area (Å²) in [7, 11) is 0. The Morgan fingerprint density at radius 3 is 2.72 bits per heavy atom. The fraction of sp³-hybridized carbons (Fsp3) is 0.172. The second-order valence-corrected chi connectivity index (χ2v) is 9.46. The van der Waals surface area contributed by atoms with Gasteiger partial charge in [-0.15, -0.1) is 0 Å². The Kier molecular flexibility index (Phi) is 6.28. The van der Waals surface area contributed by atoms with Gasteiger partial charge >= 0.3 is 0 Å². The number of aromatic nitrogens is 7. The number of amides is 1. The molecule has 9 nitrogen and oxygen atoms in total. The molecule has 6 aromatic rings. The lowest BCUT2D eigenvalue weighted by molar-refractivity contribution is -0.116. The standard InChI is InChI=1S/C29H25FN8O/c1-3-4-5-24(39)34-21-11-18(13-31-15-21)19-12-22-26(37-38-28(22)33-14-19)29-35-23-6-7-32-25(27(23)36-29)17-8-16(2)9-20(30)10-17/h6-15H,3-5H2,1-2H3,(H,34,39)(H,35,36)(H,33,37,38). The molecule has 0 bridgehead atoms. The van der Waals surface area contributed by atoms with E-state index < -0.39 is 0 Å². The molecule has 194 valence electrons. The van der Waals surface area contributed by atoms with Gasteiger partial charge in [-0.2, -0.15) is 5.10 Å². The summed E-state index contributed by atoms with van der Waals surface area (Å²) in [5.41, 5.74) is 6.86. The van der Waals surface area contributed by atoms with E-state index in [1.807, 2.05) is 31.2 Å². The number of hydrogen-bond acceptors (Lipinski definition) is 6. The Labute approximate surface area is 223 Å². The zero-order valence-electron chi connectivity index (χ0n) is 21.4. The number of fused-ring (bicyclic) bond motifs is 2. The number of carbonyl (C=O) groups excluding carboxylic acids is 1. The number of nitrogens with one attached hydrogen (secondary N) is 3. The van der Waals surface area contributed by atoms with Crippen LogP contribution in [0.25, 0.3) is 56.0 Å². The van der Waals surface area contributed by atoms with Crippen molar-refractivity contribution >= 4 is 33.7 Å². The van der Waals surface area contributed by atoms with E-state index in [4.69, 9.17) is 4.98 Å². The van der Waals surface area contributed by atoms with E-state index >= 15 is 0 Å². The second kappa shape index (κ2) is 10.1. The molecule has 1 aromatic carbocycles. The van der Waals surface area contributed by atoms with Gasteiger partial charge in [0.2, 0.25) is 5.91 Å². The summed E-state index contributed by atoms with van der Waals surface area (Å²) in [6.45, 7) is 3.89. The summed E-state index contributed by atoms with van der Waals surface area (Å²) in [5.74, 6) is 0.178. The summed E-state index contributed by atoms with van der Waals surface area (Å²) in [5, 5.41) is 11.1. The Balaban J connectivity index is 1.38. The molecule has 39 heavy (non-hydrogen) atoms. The predicted molar refractivity (Wildman–Crippen MR) is 148 cm³/mol. The topological polar surface area (TPSA) is 125 Å². The highest BCUT2D eigenvalue weighted by Crippen LogP contribution is 2.32. The summed E-state index contributed by atoms with van der Waals surface area (Å²) in [4.78, 5) is 33.6. The summed E-state index contributed by atoms with van der Waals surface area (Å²) < 4.78 is 14.1. The van der Waals surface area contributed by atoms with Gasteiger partial charge in [-0.3, -0.25) is 19.9 Å². The number of unbranched alkanes of at least 4 members (excludes halogenated alkanes) is 1. The SMILES string of the molecule is CCCCC(=O)Nc1cncc(-c2cnc3[nH]nc(-c4nc5c(-c6cc(C)cc(F)c6)nccc5[nH]4)c3c2)c1. The van der Waals surface area contributed by atoms with E-state index in [1.54, 1.807) is 24.8 Å². The van der Waals surface area contributed by atoms with Crippen LogP contribution in [0.1, 0.15) is 31.7 Å². The molecular formula is C29H25FN8O. The average Bonchev–Trinajstić information content (AvgIpc) is 3.55. The van der Waals surface area contributed by atoms with E-state index in [1.165, 1.54) is 12.1 Å². The lowest BCUT2D eigenvalue weighted by Crippen LogP contribution is -2.11. The van der Waals surface area contributed by atoms with Gasteiger partial charge in [0.15, 0.2) is 11.5 Å². The number of imidazole rings is 1. The smallest absolute Gasteiger partial charge is 0.224 e. The number of anilines is 1. The van der Waals surface area contributed by atoms with Crippen molar-refractivity contribution < 1.29 is 9.18 Å². The third-order valence-electron chi connectivity index (χ3n) is 6.47.